The van der Waals surface area contributed by atoms with E-state index >= 15 is 0 Å². The van der Waals surface area contributed by atoms with E-state index in [1.54, 1.807) is 18.0 Å². The van der Waals surface area contributed by atoms with E-state index in [-0.39, 0.29) is 5.15 Å². The molecule has 2 heterocycles. The fraction of sp³-hybridized carbons (Fsp3) is 0.300. The topological polar surface area (TPSA) is 81.9 Å². The van der Waals surface area contributed by atoms with Crippen LogP contribution >= 0.6 is 11.6 Å². The van der Waals surface area contributed by atoms with Gasteiger partial charge in [0.15, 0.2) is 0 Å². The molecule has 0 saturated carbocycles. The number of methoxy groups -OCH3 is 1. The lowest BCUT2D eigenvalue weighted by Gasteiger charge is -2.00. The van der Waals surface area contributed by atoms with Crippen LogP contribution in [0, 0.1) is 0 Å². The molecule has 2 rings (SSSR count). The van der Waals surface area contributed by atoms with E-state index < -0.39 is 11.2 Å². The Labute approximate surface area is 107 Å². The molecule has 0 aliphatic heterocycles. The summed E-state index contributed by atoms with van der Waals surface area (Å²) in [7, 11) is 1.58. The maximum Gasteiger partial charge on any atom is 0.334 e. The van der Waals surface area contributed by atoms with Gasteiger partial charge in [-0.25, -0.2) is 9.36 Å². The molecule has 0 atom stereocenters. The molecule has 96 valence electrons. The Morgan fingerprint density at radius 2 is 2.28 bits per heavy atom. The minimum atomic E-state index is -0.598. The molecule has 0 aliphatic carbocycles. The Hall–Kier alpha value is -1.86. The van der Waals surface area contributed by atoms with Gasteiger partial charge in [-0.05, 0) is 0 Å². The molecule has 0 amide bonds. The van der Waals surface area contributed by atoms with Crippen molar-refractivity contribution in [2.24, 2.45) is 0 Å². The third-order valence-corrected chi connectivity index (χ3v) is 2.51. The summed E-state index contributed by atoms with van der Waals surface area (Å²) >= 11 is 5.58. The second kappa shape index (κ2) is 5.19. The summed E-state index contributed by atoms with van der Waals surface area (Å²) in [4.78, 5) is 25.7. The monoisotopic (exact) mass is 270 g/mol. The zero-order valence-electron chi connectivity index (χ0n) is 9.59. The number of nitrogens with one attached hydrogen (secondary N) is 1. The highest BCUT2D eigenvalue weighted by Crippen LogP contribution is 2.01. The summed E-state index contributed by atoms with van der Waals surface area (Å²) in [6.07, 6.45) is 3.02. The molecule has 0 aliphatic rings. The van der Waals surface area contributed by atoms with Crippen molar-refractivity contribution in [3.63, 3.8) is 0 Å². The van der Waals surface area contributed by atoms with Crippen LogP contribution < -0.4 is 11.2 Å². The van der Waals surface area contributed by atoms with Crippen molar-refractivity contribution < 1.29 is 4.74 Å². The summed E-state index contributed by atoms with van der Waals surface area (Å²) in [6, 6.07) is 1.13. The van der Waals surface area contributed by atoms with E-state index in [9.17, 15) is 9.59 Å². The number of H-pyrrole nitrogens is 1. The summed E-state index contributed by atoms with van der Waals surface area (Å²) < 4.78 is 7.45. The number of aromatic nitrogens is 4. The smallest absolute Gasteiger partial charge is 0.334 e. The normalized spacial score (nSPS) is 10.8. The second-order valence-electron chi connectivity index (χ2n) is 3.55. The zero-order valence-corrected chi connectivity index (χ0v) is 10.3. The van der Waals surface area contributed by atoms with Gasteiger partial charge in [0.1, 0.15) is 5.15 Å². The molecule has 2 aromatic heterocycles. The fourth-order valence-corrected chi connectivity index (χ4v) is 1.66. The highest BCUT2D eigenvalue weighted by molar-refractivity contribution is 6.29. The average molecular weight is 271 g/mol. The number of halogens is 1. The molecule has 0 unspecified atom stereocenters. The Bertz CT molecular complexity index is 626. The van der Waals surface area contributed by atoms with E-state index in [1.807, 2.05) is 0 Å². The lowest BCUT2D eigenvalue weighted by atomic mass is 10.5. The van der Waals surface area contributed by atoms with Gasteiger partial charge in [-0.15, -0.1) is 0 Å². The van der Waals surface area contributed by atoms with Crippen LogP contribution in [-0.4, -0.2) is 33.0 Å². The maximum atomic E-state index is 11.7. The number of hydrogen-bond donors (Lipinski definition) is 1. The Morgan fingerprint density at radius 3 is 2.94 bits per heavy atom. The third-order valence-electron chi connectivity index (χ3n) is 2.30. The van der Waals surface area contributed by atoms with Gasteiger partial charge in [0.2, 0.25) is 0 Å². The first-order valence-electron chi connectivity index (χ1n) is 5.15. The predicted molar refractivity (Wildman–Crippen MR) is 65.3 cm³/mol. The Morgan fingerprint density at radius 1 is 1.50 bits per heavy atom. The molecule has 2 aromatic rings. The summed E-state index contributed by atoms with van der Waals surface area (Å²) in [5.74, 6) is 0. The van der Waals surface area contributed by atoms with Crippen molar-refractivity contribution in [1.29, 1.82) is 0 Å². The second-order valence-corrected chi connectivity index (χ2v) is 3.96. The Balaban J connectivity index is 2.40. The van der Waals surface area contributed by atoms with Gasteiger partial charge < -0.3 is 4.74 Å². The van der Waals surface area contributed by atoms with Crippen LogP contribution in [0.1, 0.15) is 0 Å². The zero-order chi connectivity index (χ0) is 13.1. The van der Waals surface area contributed by atoms with Crippen molar-refractivity contribution in [2.45, 2.75) is 6.54 Å². The molecule has 18 heavy (non-hydrogen) atoms. The van der Waals surface area contributed by atoms with Crippen LogP contribution in [0.25, 0.3) is 5.69 Å². The number of hydrogen-bond acceptors (Lipinski definition) is 4. The summed E-state index contributed by atoms with van der Waals surface area (Å²) in [5.41, 5.74) is -0.720. The van der Waals surface area contributed by atoms with Gasteiger partial charge in [-0.2, -0.15) is 5.10 Å². The van der Waals surface area contributed by atoms with E-state index in [0.717, 1.165) is 10.6 Å². The number of ether oxygens (including phenoxy) is 1. The van der Waals surface area contributed by atoms with Crippen molar-refractivity contribution >= 4 is 11.6 Å². The standard InChI is InChI=1S/C10H11ClN4O3/c1-18-3-2-14-6-7(5-12-14)15-9(16)4-8(11)13-10(15)17/h4-6H,2-3H2,1H3,(H,13,17). The molecule has 0 bridgehead atoms. The molecule has 7 nitrogen and oxygen atoms in total. The van der Waals surface area contributed by atoms with Crippen molar-refractivity contribution in [3.05, 3.63) is 44.5 Å². The van der Waals surface area contributed by atoms with Gasteiger partial charge in [0, 0.05) is 19.4 Å². The van der Waals surface area contributed by atoms with Crippen LogP contribution in [-0.2, 0) is 11.3 Å². The largest absolute Gasteiger partial charge is 0.383 e. The molecule has 0 spiro atoms. The third kappa shape index (κ3) is 2.52. The molecule has 0 aromatic carbocycles. The molecule has 0 saturated heterocycles. The molecule has 8 heteroatoms. The molecule has 0 fully saturated rings. The Kier molecular flexibility index (Phi) is 3.63. The van der Waals surface area contributed by atoms with E-state index in [4.69, 9.17) is 16.3 Å². The molecule has 0 radical (unpaired) electrons. The number of nitrogens with zero attached hydrogens (tertiary/aromatic N) is 3. The van der Waals surface area contributed by atoms with Crippen LogP contribution in [0.15, 0.2) is 28.0 Å². The number of aromatic amines is 1. The van der Waals surface area contributed by atoms with E-state index in [1.165, 1.54) is 6.20 Å². The maximum absolute atomic E-state index is 11.7. The van der Waals surface area contributed by atoms with Gasteiger partial charge in [-0.1, -0.05) is 11.6 Å². The highest BCUT2D eigenvalue weighted by Gasteiger charge is 2.08. The van der Waals surface area contributed by atoms with Gasteiger partial charge in [0.25, 0.3) is 5.56 Å². The van der Waals surface area contributed by atoms with Crippen LogP contribution in [0.4, 0.5) is 0 Å². The van der Waals surface area contributed by atoms with E-state index in [2.05, 4.69) is 10.1 Å². The molecule has 1 N–H and O–H groups in total. The number of rotatable bonds is 4. The van der Waals surface area contributed by atoms with E-state index in [0.29, 0.717) is 18.8 Å². The lowest BCUT2D eigenvalue weighted by molar-refractivity contribution is 0.183. The van der Waals surface area contributed by atoms with Crippen molar-refractivity contribution in [1.82, 2.24) is 19.3 Å². The first-order valence-corrected chi connectivity index (χ1v) is 5.53. The van der Waals surface area contributed by atoms with Crippen LogP contribution in [0.3, 0.4) is 0 Å². The summed E-state index contributed by atoms with van der Waals surface area (Å²) in [6.45, 7) is 1.03. The molecular weight excluding hydrogens is 260 g/mol. The lowest BCUT2D eigenvalue weighted by Crippen LogP contribution is -2.32. The molecular formula is C10H11ClN4O3. The minimum Gasteiger partial charge on any atom is -0.383 e. The summed E-state index contributed by atoms with van der Waals surface area (Å²) in [5, 5.41) is 4.03. The van der Waals surface area contributed by atoms with Crippen LogP contribution in [0.5, 0.6) is 0 Å². The van der Waals surface area contributed by atoms with Crippen LogP contribution in [0.2, 0.25) is 5.15 Å². The SMILES string of the molecule is COCCn1cc(-n2c(=O)cc(Cl)[nH]c2=O)cn1. The highest BCUT2D eigenvalue weighted by atomic mass is 35.5. The quantitative estimate of drug-likeness (QED) is 0.794. The average Bonchev–Trinajstić information content (AvgIpc) is 2.73. The first kappa shape index (κ1) is 12.6. The van der Waals surface area contributed by atoms with Gasteiger partial charge in [-0.3, -0.25) is 14.5 Å². The van der Waals surface area contributed by atoms with Crippen molar-refractivity contribution in [3.8, 4) is 5.69 Å². The predicted octanol–water partition coefficient (Wildman–Crippen LogP) is 0.0221. The van der Waals surface area contributed by atoms with Gasteiger partial charge in [0.05, 0.1) is 25.0 Å². The minimum absolute atomic E-state index is 0.00743. The van der Waals surface area contributed by atoms with Gasteiger partial charge >= 0.3 is 5.69 Å². The van der Waals surface area contributed by atoms with Crippen molar-refractivity contribution in [2.75, 3.05) is 13.7 Å². The first-order chi connectivity index (χ1) is 8.61. The fourth-order valence-electron chi connectivity index (χ4n) is 1.49.